The van der Waals surface area contributed by atoms with Crippen LogP contribution < -0.4 is 9.64 Å². The van der Waals surface area contributed by atoms with Gasteiger partial charge in [-0.1, -0.05) is 41.9 Å². The summed E-state index contributed by atoms with van der Waals surface area (Å²) in [6.07, 6.45) is 3.63. The summed E-state index contributed by atoms with van der Waals surface area (Å²) in [5.74, 6) is 0.863. The molecular formula is C25H30ClN3O3. The lowest BCUT2D eigenvalue weighted by Crippen LogP contribution is -2.50. The van der Waals surface area contributed by atoms with Crippen LogP contribution in [0, 0.1) is 6.92 Å². The monoisotopic (exact) mass is 455 g/mol. The molecule has 2 aliphatic heterocycles. The number of likely N-dealkylation sites (N-methyl/N-ethyl adjacent to an activating group) is 1. The molecule has 32 heavy (non-hydrogen) atoms. The number of ether oxygens (including phenoxy) is 2. The van der Waals surface area contributed by atoms with Gasteiger partial charge in [-0.2, -0.15) is 0 Å². The summed E-state index contributed by atoms with van der Waals surface area (Å²) >= 11 is 6.63. The number of nitrogens with zero attached hydrogens (tertiary/aromatic N) is 3. The average Bonchev–Trinajstić information content (AvgIpc) is 2.79. The van der Waals surface area contributed by atoms with Crippen LogP contribution in [0.5, 0.6) is 5.75 Å². The Balaban J connectivity index is 1.68. The minimum Gasteiger partial charge on any atom is -0.485 e. The zero-order valence-corrected chi connectivity index (χ0v) is 19.9. The third kappa shape index (κ3) is 4.21. The number of hydrogen-bond acceptors (Lipinski definition) is 5. The number of rotatable bonds is 5. The van der Waals surface area contributed by atoms with Gasteiger partial charge >= 0.3 is 0 Å². The van der Waals surface area contributed by atoms with Crippen molar-refractivity contribution in [3.05, 3.63) is 57.9 Å². The molecule has 4 rings (SSSR count). The number of fused-ring (bicyclic) bond motifs is 1. The first kappa shape index (κ1) is 22.6. The van der Waals surface area contributed by atoms with Gasteiger partial charge in [0.1, 0.15) is 11.8 Å². The molecule has 1 fully saturated rings. The van der Waals surface area contributed by atoms with E-state index >= 15 is 0 Å². The van der Waals surface area contributed by atoms with Crippen LogP contribution in [-0.4, -0.2) is 55.2 Å². The molecule has 2 aromatic rings. The molecule has 7 heteroatoms. The van der Waals surface area contributed by atoms with E-state index in [1.807, 2.05) is 49.2 Å². The van der Waals surface area contributed by atoms with Crippen molar-refractivity contribution in [1.29, 1.82) is 0 Å². The van der Waals surface area contributed by atoms with Gasteiger partial charge in [0.15, 0.2) is 5.75 Å². The molecule has 0 unspecified atom stereocenters. The lowest BCUT2D eigenvalue weighted by molar-refractivity contribution is -0.133. The fourth-order valence-electron chi connectivity index (χ4n) is 4.73. The highest BCUT2D eigenvalue weighted by atomic mass is 35.5. The van der Waals surface area contributed by atoms with E-state index in [4.69, 9.17) is 21.1 Å². The lowest BCUT2D eigenvalue weighted by Gasteiger charge is -2.44. The van der Waals surface area contributed by atoms with Gasteiger partial charge in [0, 0.05) is 46.3 Å². The number of methoxy groups -OCH3 is 1. The van der Waals surface area contributed by atoms with Crippen molar-refractivity contribution in [2.45, 2.75) is 38.9 Å². The second-order valence-electron chi connectivity index (χ2n) is 8.58. The smallest absolute Gasteiger partial charge is 0.219 e. The van der Waals surface area contributed by atoms with Crippen LogP contribution in [0.15, 0.2) is 35.9 Å². The number of carbonyl (C=O) groups excluding carboxylic acids is 1. The summed E-state index contributed by atoms with van der Waals surface area (Å²) < 4.78 is 12.3. The van der Waals surface area contributed by atoms with Crippen molar-refractivity contribution in [1.82, 2.24) is 9.88 Å². The number of likely N-dealkylation sites (tertiary alicyclic amines) is 1. The molecule has 1 amide bonds. The third-order valence-corrected chi connectivity index (χ3v) is 6.90. The fraction of sp³-hybridized carbons (Fsp3) is 0.440. The number of anilines is 1. The van der Waals surface area contributed by atoms with Gasteiger partial charge in [-0.3, -0.25) is 4.79 Å². The highest BCUT2D eigenvalue weighted by Gasteiger charge is 2.41. The normalized spacial score (nSPS) is 17.6. The minimum absolute atomic E-state index is 0.109. The van der Waals surface area contributed by atoms with Crippen molar-refractivity contribution >= 4 is 29.3 Å². The fourth-order valence-corrected chi connectivity index (χ4v) is 5.00. The summed E-state index contributed by atoms with van der Waals surface area (Å²) in [4.78, 5) is 20.4. The zero-order chi connectivity index (χ0) is 22.9. The van der Waals surface area contributed by atoms with Gasteiger partial charge in [0.2, 0.25) is 5.91 Å². The van der Waals surface area contributed by atoms with Gasteiger partial charge in [0.05, 0.1) is 17.0 Å². The second kappa shape index (κ2) is 9.12. The molecule has 3 heterocycles. The molecule has 0 aliphatic carbocycles. The Hall–Kier alpha value is -2.57. The van der Waals surface area contributed by atoms with Crippen LogP contribution in [0.25, 0.3) is 6.08 Å². The van der Waals surface area contributed by atoms with E-state index in [9.17, 15) is 4.79 Å². The number of amides is 1. The Morgan fingerprint density at radius 2 is 1.91 bits per heavy atom. The molecule has 0 bridgehead atoms. The number of pyridine rings is 1. The van der Waals surface area contributed by atoms with Gasteiger partial charge in [-0.05, 0) is 37.0 Å². The van der Waals surface area contributed by atoms with Crippen LogP contribution in [0.2, 0.25) is 5.15 Å². The van der Waals surface area contributed by atoms with Crippen molar-refractivity contribution < 1.29 is 14.3 Å². The van der Waals surface area contributed by atoms with Crippen LogP contribution in [0.3, 0.4) is 0 Å². The van der Waals surface area contributed by atoms with Gasteiger partial charge in [-0.25, -0.2) is 4.98 Å². The van der Waals surface area contributed by atoms with E-state index in [-0.39, 0.29) is 5.91 Å². The third-order valence-electron chi connectivity index (χ3n) is 6.61. The zero-order valence-electron chi connectivity index (χ0n) is 19.2. The number of halogens is 1. The van der Waals surface area contributed by atoms with Gasteiger partial charge in [0.25, 0.3) is 0 Å². The number of carbonyl (C=O) groups is 1. The Labute approximate surface area is 194 Å². The predicted molar refractivity (Wildman–Crippen MR) is 127 cm³/mol. The van der Waals surface area contributed by atoms with Crippen LogP contribution >= 0.6 is 11.6 Å². The molecule has 0 saturated carbocycles. The number of piperidine rings is 1. The summed E-state index contributed by atoms with van der Waals surface area (Å²) in [5.41, 5.74) is 4.41. The highest BCUT2D eigenvalue weighted by Crippen LogP contribution is 2.45. The van der Waals surface area contributed by atoms with Crippen molar-refractivity contribution in [3.8, 4) is 5.75 Å². The quantitative estimate of drug-likeness (QED) is 0.622. The Bertz CT molecular complexity index is 1030. The molecule has 2 aliphatic rings. The first-order chi connectivity index (χ1) is 15.3. The maximum absolute atomic E-state index is 11.8. The Morgan fingerprint density at radius 1 is 1.22 bits per heavy atom. The number of benzene rings is 1. The molecule has 1 aromatic heterocycles. The Kier molecular flexibility index (Phi) is 6.45. The van der Waals surface area contributed by atoms with Crippen molar-refractivity contribution in [2.75, 3.05) is 38.7 Å². The maximum atomic E-state index is 11.8. The van der Waals surface area contributed by atoms with E-state index in [1.165, 1.54) is 0 Å². The summed E-state index contributed by atoms with van der Waals surface area (Å²) in [6, 6.07) is 10.1. The number of aromatic nitrogens is 1. The first-order valence-corrected chi connectivity index (χ1v) is 11.3. The average molecular weight is 456 g/mol. The van der Waals surface area contributed by atoms with Crippen molar-refractivity contribution in [2.24, 2.45) is 0 Å². The summed E-state index contributed by atoms with van der Waals surface area (Å²) in [7, 11) is 3.80. The first-order valence-electron chi connectivity index (χ1n) is 10.9. The predicted octanol–water partition coefficient (Wildman–Crippen LogP) is 4.48. The molecular weight excluding hydrogens is 426 g/mol. The summed E-state index contributed by atoms with van der Waals surface area (Å²) in [5, 5.41) is 0.459. The largest absolute Gasteiger partial charge is 0.485 e. The molecule has 6 nitrogen and oxygen atoms in total. The lowest BCUT2D eigenvalue weighted by atomic mass is 9.81. The molecule has 1 saturated heterocycles. The van der Waals surface area contributed by atoms with E-state index in [1.54, 1.807) is 14.0 Å². The topological polar surface area (TPSA) is 54.9 Å². The van der Waals surface area contributed by atoms with Crippen LogP contribution in [0.1, 0.15) is 36.6 Å². The van der Waals surface area contributed by atoms with Gasteiger partial charge < -0.3 is 19.3 Å². The van der Waals surface area contributed by atoms with Crippen LogP contribution in [0.4, 0.5) is 5.69 Å². The molecule has 0 spiro atoms. The number of hydrogen-bond donors (Lipinski definition) is 0. The molecule has 170 valence electrons. The van der Waals surface area contributed by atoms with E-state index in [0.29, 0.717) is 31.4 Å². The van der Waals surface area contributed by atoms with Crippen LogP contribution in [-0.2, 0) is 16.1 Å². The molecule has 1 aromatic carbocycles. The van der Waals surface area contributed by atoms with Gasteiger partial charge in [-0.15, -0.1) is 0 Å². The van der Waals surface area contributed by atoms with E-state index < -0.39 is 5.60 Å². The minimum atomic E-state index is -0.419. The standard InChI is InChI=1S/C25H30ClN3O3/c1-17-23(32-16-19-8-6-5-7-9-19)22-21(24(26)27-17)14-20(15-28(22)3)25(31-4)10-12-29(13-11-25)18(2)30/h5-9,14H,10-13,15-16H2,1-4H3. The summed E-state index contributed by atoms with van der Waals surface area (Å²) in [6.45, 7) is 6.07. The Morgan fingerprint density at radius 3 is 2.53 bits per heavy atom. The molecule has 0 atom stereocenters. The maximum Gasteiger partial charge on any atom is 0.219 e. The van der Waals surface area contributed by atoms with E-state index in [0.717, 1.165) is 46.7 Å². The second-order valence-corrected chi connectivity index (χ2v) is 8.94. The number of aryl methyl sites for hydroxylation is 1. The highest BCUT2D eigenvalue weighted by molar-refractivity contribution is 6.31. The van der Waals surface area contributed by atoms with E-state index in [2.05, 4.69) is 16.0 Å². The van der Waals surface area contributed by atoms with Crippen molar-refractivity contribution in [3.63, 3.8) is 0 Å². The molecule has 0 radical (unpaired) electrons. The molecule has 0 N–H and O–H groups in total. The SMILES string of the molecule is COC1(C2=Cc3c(Cl)nc(C)c(OCc4ccccc4)c3N(C)C2)CCN(C(C)=O)CC1.